The van der Waals surface area contributed by atoms with Crippen LogP contribution >= 0.6 is 0 Å². The first kappa shape index (κ1) is 13.8. The van der Waals surface area contributed by atoms with Gasteiger partial charge < -0.3 is 19.9 Å². The molecule has 2 N–H and O–H groups in total. The second-order valence-electron chi connectivity index (χ2n) is 3.82. The highest BCUT2D eigenvalue weighted by Crippen LogP contribution is 2.16. The van der Waals surface area contributed by atoms with Gasteiger partial charge in [0, 0.05) is 20.8 Å². The van der Waals surface area contributed by atoms with Crippen LogP contribution in [0.5, 0.6) is 0 Å². The average molecular weight is 205 g/mol. The lowest BCUT2D eigenvalue weighted by atomic mass is 9.88. The Morgan fingerprint density at radius 1 is 1.29 bits per heavy atom. The van der Waals surface area contributed by atoms with E-state index in [9.17, 15) is 5.11 Å². The zero-order valence-electron chi connectivity index (χ0n) is 9.67. The Hall–Kier alpha value is -0.160. The van der Waals surface area contributed by atoms with E-state index >= 15 is 0 Å². The molecule has 0 aromatic heterocycles. The molecule has 0 rings (SSSR count). The number of rotatable bonds is 8. The smallest absolute Gasteiger partial charge is 0.0674 e. The lowest BCUT2D eigenvalue weighted by Gasteiger charge is -2.36. The molecule has 0 fully saturated rings. The van der Waals surface area contributed by atoms with E-state index in [0.717, 1.165) is 6.54 Å². The number of methoxy groups -OCH3 is 2. The maximum atomic E-state index is 9.39. The molecule has 0 aromatic rings. The molecular weight excluding hydrogens is 182 g/mol. The van der Waals surface area contributed by atoms with Gasteiger partial charge in [-0.2, -0.15) is 0 Å². The van der Waals surface area contributed by atoms with E-state index < -0.39 is 0 Å². The SMILES string of the molecule is COCCNC(CO)(COC)C(C)C. The number of nitrogens with one attached hydrogen (secondary N) is 1. The molecule has 0 spiro atoms. The van der Waals surface area contributed by atoms with E-state index in [0.29, 0.717) is 19.1 Å². The van der Waals surface area contributed by atoms with Gasteiger partial charge in [-0.1, -0.05) is 13.8 Å². The van der Waals surface area contributed by atoms with Gasteiger partial charge in [0.2, 0.25) is 0 Å². The molecule has 0 aromatic carbocycles. The first-order valence-corrected chi connectivity index (χ1v) is 4.96. The summed E-state index contributed by atoms with van der Waals surface area (Å²) in [4.78, 5) is 0. The molecule has 0 saturated heterocycles. The predicted molar refractivity (Wildman–Crippen MR) is 56.4 cm³/mol. The van der Waals surface area contributed by atoms with Crippen molar-refractivity contribution in [2.45, 2.75) is 19.4 Å². The van der Waals surface area contributed by atoms with E-state index in [1.807, 2.05) is 0 Å². The molecule has 4 nitrogen and oxygen atoms in total. The van der Waals surface area contributed by atoms with Crippen LogP contribution in [0, 0.1) is 5.92 Å². The van der Waals surface area contributed by atoms with Gasteiger partial charge in [-0.15, -0.1) is 0 Å². The Morgan fingerprint density at radius 3 is 2.29 bits per heavy atom. The summed E-state index contributed by atoms with van der Waals surface area (Å²) in [7, 11) is 3.30. The molecular formula is C10H23NO3. The van der Waals surface area contributed by atoms with Crippen molar-refractivity contribution in [3.05, 3.63) is 0 Å². The third-order valence-electron chi connectivity index (χ3n) is 2.57. The number of hydrogen-bond donors (Lipinski definition) is 2. The molecule has 0 bridgehead atoms. The molecule has 1 atom stereocenters. The Labute approximate surface area is 86.6 Å². The van der Waals surface area contributed by atoms with Crippen LogP contribution in [0.3, 0.4) is 0 Å². The van der Waals surface area contributed by atoms with Crippen molar-refractivity contribution in [3.8, 4) is 0 Å². The summed E-state index contributed by atoms with van der Waals surface area (Å²) in [5.74, 6) is 0.310. The molecule has 0 aliphatic carbocycles. The first-order valence-electron chi connectivity index (χ1n) is 4.96. The van der Waals surface area contributed by atoms with Crippen molar-refractivity contribution in [1.29, 1.82) is 0 Å². The zero-order chi connectivity index (χ0) is 11.0. The van der Waals surface area contributed by atoms with Gasteiger partial charge in [0.05, 0.1) is 25.4 Å². The van der Waals surface area contributed by atoms with Gasteiger partial charge in [-0.05, 0) is 5.92 Å². The van der Waals surface area contributed by atoms with Crippen LogP contribution in [0.1, 0.15) is 13.8 Å². The molecule has 4 heteroatoms. The van der Waals surface area contributed by atoms with E-state index in [-0.39, 0.29) is 12.1 Å². The molecule has 0 saturated carbocycles. The zero-order valence-corrected chi connectivity index (χ0v) is 9.67. The summed E-state index contributed by atoms with van der Waals surface area (Å²) in [6.07, 6.45) is 0. The van der Waals surface area contributed by atoms with Crippen LogP contribution in [0.4, 0.5) is 0 Å². The Balaban J connectivity index is 4.19. The summed E-state index contributed by atoms with van der Waals surface area (Å²) in [5, 5.41) is 12.7. The fourth-order valence-corrected chi connectivity index (χ4v) is 1.37. The van der Waals surface area contributed by atoms with Gasteiger partial charge in [0.25, 0.3) is 0 Å². The van der Waals surface area contributed by atoms with E-state index in [1.54, 1.807) is 14.2 Å². The standard InChI is InChI=1S/C10H23NO3/c1-9(2)10(7-12,8-14-4)11-5-6-13-3/h9,11-12H,5-8H2,1-4H3. The summed E-state index contributed by atoms with van der Waals surface area (Å²) in [6, 6.07) is 0. The monoisotopic (exact) mass is 205 g/mol. The Morgan fingerprint density at radius 2 is 1.93 bits per heavy atom. The summed E-state index contributed by atoms with van der Waals surface area (Å²) < 4.78 is 10.1. The van der Waals surface area contributed by atoms with Gasteiger partial charge in [0.1, 0.15) is 0 Å². The average Bonchev–Trinajstić information content (AvgIpc) is 2.16. The van der Waals surface area contributed by atoms with Gasteiger partial charge in [-0.3, -0.25) is 0 Å². The van der Waals surface area contributed by atoms with Crippen molar-refractivity contribution < 1.29 is 14.6 Å². The van der Waals surface area contributed by atoms with Crippen molar-refractivity contribution in [3.63, 3.8) is 0 Å². The second-order valence-corrected chi connectivity index (χ2v) is 3.82. The van der Waals surface area contributed by atoms with Gasteiger partial charge >= 0.3 is 0 Å². The molecule has 86 valence electrons. The van der Waals surface area contributed by atoms with Gasteiger partial charge in [0.15, 0.2) is 0 Å². The summed E-state index contributed by atoms with van der Waals surface area (Å²) >= 11 is 0. The number of aliphatic hydroxyl groups excluding tert-OH is 1. The predicted octanol–water partition coefficient (Wildman–Crippen LogP) is 0.256. The molecule has 1 unspecified atom stereocenters. The van der Waals surface area contributed by atoms with Crippen molar-refractivity contribution in [2.75, 3.05) is 40.6 Å². The van der Waals surface area contributed by atoms with Crippen molar-refractivity contribution in [1.82, 2.24) is 5.32 Å². The van der Waals surface area contributed by atoms with Crippen molar-refractivity contribution >= 4 is 0 Å². The fourth-order valence-electron chi connectivity index (χ4n) is 1.37. The molecule has 0 aliphatic rings. The molecule has 0 aliphatic heterocycles. The van der Waals surface area contributed by atoms with E-state index in [4.69, 9.17) is 9.47 Å². The highest BCUT2D eigenvalue weighted by molar-refractivity contribution is 4.90. The number of ether oxygens (including phenoxy) is 2. The fraction of sp³-hybridized carbons (Fsp3) is 1.00. The lowest BCUT2D eigenvalue weighted by Crippen LogP contribution is -2.57. The van der Waals surface area contributed by atoms with Crippen LogP contribution < -0.4 is 5.32 Å². The van der Waals surface area contributed by atoms with Crippen molar-refractivity contribution in [2.24, 2.45) is 5.92 Å². The Bertz CT molecular complexity index is 141. The van der Waals surface area contributed by atoms with Crippen LogP contribution in [0.15, 0.2) is 0 Å². The quantitative estimate of drug-likeness (QED) is 0.558. The maximum absolute atomic E-state index is 9.39. The topological polar surface area (TPSA) is 50.7 Å². The second kappa shape index (κ2) is 7.17. The van der Waals surface area contributed by atoms with Crippen LogP contribution in [-0.4, -0.2) is 51.2 Å². The first-order chi connectivity index (χ1) is 6.63. The van der Waals surface area contributed by atoms with E-state index in [1.165, 1.54) is 0 Å². The lowest BCUT2D eigenvalue weighted by molar-refractivity contribution is 0.0288. The number of hydrogen-bond acceptors (Lipinski definition) is 4. The van der Waals surface area contributed by atoms with Crippen LogP contribution in [0.2, 0.25) is 0 Å². The van der Waals surface area contributed by atoms with Crippen LogP contribution in [0.25, 0.3) is 0 Å². The minimum Gasteiger partial charge on any atom is -0.394 e. The van der Waals surface area contributed by atoms with E-state index in [2.05, 4.69) is 19.2 Å². The molecule has 0 amide bonds. The normalized spacial score (nSPS) is 15.9. The highest BCUT2D eigenvalue weighted by Gasteiger charge is 2.32. The summed E-state index contributed by atoms with van der Waals surface area (Å²) in [5.41, 5.74) is -0.354. The highest BCUT2D eigenvalue weighted by atomic mass is 16.5. The maximum Gasteiger partial charge on any atom is 0.0674 e. The minimum absolute atomic E-state index is 0.0716. The largest absolute Gasteiger partial charge is 0.394 e. The van der Waals surface area contributed by atoms with Gasteiger partial charge in [-0.25, -0.2) is 0 Å². The van der Waals surface area contributed by atoms with Crippen LogP contribution in [-0.2, 0) is 9.47 Å². The Kier molecular flexibility index (Phi) is 7.09. The third kappa shape index (κ3) is 3.92. The molecule has 14 heavy (non-hydrogen) atoms. The summed E-state index contributed by atoms with van der Waals surface area (Å²) in [6.45, 7) is 6.06. The molecule has 0 radical (unpaired) electrons. The number of aliphatic hydroxyl groups is 1. The third-order valence-corrected chi connectivity index (χ3v) is 2.57. The minimum atomic E-state index is -0.354. The molecule has 0 heterocycles.